The summed E-state index contributed by atoms with van der Waals surface area (Å²) in [6, 6.07) is 9.53. The Hall–Kier alpha value is -3.22. The predicted octanol–water partition coefficient (Wildman–Crippen LogP) is 3.32. The van der Waals surface area contributed by atoms with E-state index in [1.165, 1.54) is 7.11 Å². The van der Waals surface area contributed by atoms with Gasteiger partial charge in [-0.15, -0.1) is 0 Å². The van der Waals surface area contributed by atoms with E-state index in [0.29, 0.717) is 6.42 Å². The molecule has 0 spiro atoms. The van der Waals surface area contributed by atoms with Crippen molar-refractivity contribution in [2.45, 2.75) is 58.1 Å². The van der Waals surface area contributed by atoms with E-state index in [-0.39, 0.29) is 11.9 Å². The number of dihydropyridines is 1. The Morgan fingerprint density at radius 1 is 1.03 bits per heavy atom. The van der Waals surface area contributed by atoms with E-state index in [4.69, 9.17) is 9.47 Å². The van der Waals surface area contributed by atoms with Crippen molar-refractivity contribution in [3.8, 4) is 0 Å². The number of ether oxygens (including phenoxy) is 2. The van der Waals surface area contributed by atoms with Crippen LogP contribution in [0.5, 0.6) is 0 Å². The summed E-state index contributed by atoms with van der Waals surface area (Å²) in [5.41, 5.74) is 4.29. The van der Waals surface area contributed by atoms with E-state index < -0.39 is 11.6 Å². The van der Waals surface area contributed by atoms with E-state index in [9.17, 15) is 9.59 Å². The van der Waals surface area contributed by atoms with E-state index >= 15 is 0 Å². The molecule has 2 aliphatic rings. The molecule has 7 nitrogen and oxygen atoms in total. The van der Waals surface area contributed by atoms with Gasteiger partial charge in [0.25, 0.3) is 0 Å². The third-order valence-corrected chi connectivity index (χ3v) is 4.87. The maximum atomic E-state index is 12.0. The molecular formula is C24H31N3O4. The molecule has 3 rings (SSSR count). The van der Waals surface area contributed by atoms with E-state index in [2.05, 4.69) is 16.0 Å². The number of carbonyl (C=O) groups is 2. The topological polar surface area (TPSA) is 88.7 Å². The summed E-state index contributed by atoms with van der Waals surface area (Å²) < 4.78 is 10.2. The van der Waals surface area contributed by atoms with Crippen LogP contribution in [0.2, 0.25) is 0 Å². The van der Waals surface area contributed by atoms with Crippen LogP contribution in [0, 0.1) is 0 Å². The Balaban J connectivity index is 1.73. The van der Waals surface area contributed by atoms with Crippen LogP contribution in [0.15, 0.2) is 59.7 Å². The smallest absolute Gasteiger partial charge is 0.332 e. The lowest BCUT2D eigenvalue weighted by molar-refractivity contribution is -0.155. The number of fused-ring (bicyclic) bond motifs is 1. The first-order valence-electron chi connectivity index (χ1n) is 10.6. The second kappa shape index (κ2) is 9.73. The zero-order chi connectivity index (χ0) is 22.4. The van der Waals surface area contributed by atoms with Gasteiger partial charge in [-0.25, -0.2) is 4.79 Å². The van der Waals surface area contributed by atoms with Gasteiger partial charge in [-0.05, 0) is 51.7 Å². The quantitative estimate of drug-likeness (QED) is 0.456. The van der Waals surface area contributed by atoms with Crippen molar-refractivity contribution in [1.82, 2.24) is 16.0 Å². The third-order valence-electron chi connectivity index (χ3n) is 4.87. The summed E-state index contributed by atoms with van der Waals surface area (Å²) in [7, 11) is 1.37. The molecule has 0 aliphatic carbocycles. The first kappa shape index (κ1) is 22.5. The van der Waals surface area contributed by atoms with Crippen molar-refractivity contribution in [2.24, 2.45) is 0 Å². The molecule has 2 aliphatic heterocycles. The van der Waals surface area contributed by atoms with Crippen LogP contribution in [-0.2, 0) is 19.1 Å². The predicted molar refractivity (Wildman–Crippen MR) is 119 cm³/mol. The average molecular weight is 426 g/mol. The fourth-order valence-corrected chi connectivity index (χ4v) is 3.47. The summed E-state index contributed by atoms with van der Waals surface area (Å²) in [5.74, 6) is -0.520. The minimum absolute atomic E-state index is 0.174. The van der Waals surface area contributed by atoms with Gasteiger partial charge in [0.1, 0.15) is 11.6 Å². The zero-order valence-electron chi connectivity index (χ0n) is 18.6. The second-order valence-corrected chi connectivity index (χ2v) is 8.57. The molecule has 2 heterocycles. The Morgan fingerprint density at radius 2 is 1.77 bits per heavy atom. The highest BCUT2D eigenvalue weighted by Crippen LogP contribution is 2.28. The number of unbranched alkanes of at least 4 members (excludes halogenated alkanes) is 1. The van der Waals surface area contributed by atoms with Gasteiger partial charge in [0, 0.05) is 18.3 Å². The van der Waals surface area contributed by atoms with Gasteiger partial charge in [-0.2, -0.15) is 0 Å². The third kappa shape index (κ3) is 6.13. The molecular weight excluding hydrogens is 394 g/mol. The van der Waals surface area contributed by atoms with Gasteiger partial charge in [-0.1, -0.05) is 30.3 Å². The fourth-order valence-electron chi connectivity index (χ4n) is 3.47. The van der Waals surface area contributed by atoms with Crippen LogP contribution in [0.3, 0.4) is 0 Å². The number of nitrogens with one attached hydrogen (secondary N) is 3. The number of benzene rings is 1. The molecule has 1 unspecified atom stereocenters. The summed E-state index contributed by atoms with van der Waals surface area (Å²) in [6.07, 6.45) is 6.30. The van der Waals surface area contributed by atoms with Crippen LogP contribution < -0.4 is 16.0 Å². The lowest BCUT2D eigenvalue weighted by atomic mass is 10.0. The summed E-state index contributed by atoms with van der Waals surface area (Å²) in [6.45, 7) is 5.62. The normalized spacial score (nSPS) is 17.9. The molecule has 0 radical (unpaired) electrons. The number of allylic oxidation sites excluding steroid dienone is 1. The number of methoxy groups -OCH3 is 1. The SMILES string of the molecule is COC(=O)C1C=C2NC(CCCCC(=O)OC(C)(C)C)=C(c3ccccc3)NC2=CN1. The van der Waals surface area contributed by atoms with Crippen molar-refractivity contribution in [2.75, 3.05) is 7.11 Å². The van der Waals surface area contributed by atoms with Crippen LogP contribution >= 0.6 is 0 Å². The van der Waals surface area contributed by atoms with Crippen LogP contribution in [0.4, 0.5) is 0 Å². The van der Waals surface area contributed by atoms with E-state index in [1.54, 1.807) is 6.20 Å². The van der Waals surface area contributed by atoms with Crippen LogP contribution in [0.25, 0.3) is 5.70 Å². The summed E-state index contributed by atoms with van der Waals surface area (Å²) in [4.78, 5) is 23.9. The first-order valence-corrected chi connectivity index (χ1v) is 10.6. The van der Waals surface area contributed by atoms with Gasteiger partial charge in [0.05, 0.1) is 24.2 Å². The molecule has 1 aromatic rings. The Labute approximate surface area is 183 Å². The minimum Gasteiger partial charge on any atom is -0.467 e. The van der Waals surface area contributed by atoms with Gasteiger partial charge in [0.2, 0.25) is 0 Å². The largest absolute Gasteiger partial charge is 0.467 e. The number of rotatable bonds is 7. The molecule has 31 heavy (non-hydrogen) atoms. The van der Waals surface area contributed by atoms with Gasteiger partial charge in [-0.3, -0.25) is 4.79 Å². The highest BCUT2D eigenvalue weighted by Gasteiger charge is 2.27. The maximum Gasteiger partial charge on any atom is 0.332 e. The van der Waals surface area contributed by atoms with E-state index in [1.807, 2.05) is 57.2 Å². The van der Waals surface area contributed by atoms with Crippen LogP contribution in [0.1, 0.15) is 52.0 Å². The van der Waals surface area contributed by atoms with Crippen molar-refractivity contribution < 1.29 is 19.1 Å². The van der Waals surface area contributed by atoms with E-state index in [0.717, 1.165) is 47.6 Å². The Bertz CT molecular complexity index is 911. The lowest BCUT2D eigenvalue weighted by Gasteiger charge is -2.32. The number of esters is 2. The summed E-state index contributed by atoms with van der Waals surface area (Å²) >= 11 is 0. The average Bonchev–Trinajstić information content (AvgIpc) is 2.74. The number of hydrogen-bond donors (Lipinski definition) is 3. The maximum absolute atomic E-state index is 12.0. The second-order valence-electron chi connectivity index (χ2n) is 8.57. The molecule has 7 heteroatoms. The minimum atomic E-state index is -0.537. The molecule has 0 saturated carbocycles. The molecule has 0 aromatic heterocycles. The molecule has 0 amide bonds. The first-order chi connectivity index (χ1) is 14.8. The van der Waals surface area contributed by atoms with Gasteiger partial charge < -0.3 is 25.4 Å². The highest BCUT2D eigenvalue weighted by atomic mass is 16.6. The Kier molecular flexibility index (Phi) is 7.05. The standard InChI is InChI=1S/C24H31N3O4/c1-24(2,3)31-21(28)13-9-8-12-17-22(16-10-6-5-7-11-16)27-20-15-25-19(23(29)30-4)14-18(20)26-17/h5-7,10-11,14-15,19,25-27H,8-9,12-13H2,1-4H3. The van der Waals surface area contributed by atoms with Gasteiger partial charge in [0.15, 0.2) is 0 Å². The van der Waals surface area contributed by atoms with Crippen molar-refractivity contribution in [3.63, 3.8) is 0 Å². The van der Waals surface area contributed by atoms with Gasteiger partial charge >= 0.3 is 11.9 Å². The number of hydrogen-bond acceptors (Lipinski definition) is 7. The van der Waals surface area contributed by atoms with Crippen molar-refractivity contribution in [3.05, 3.63) is 65.3 Å². The lowest BCUT2D eigenvalue weighted by Crippen LogP contribution is -2.41. The molecule has 0 fully saturated rings. The van der Waals surface area contributed by atoms with Crippen molar-refractivity contribution in [1.29, 1.82) is 0 Å². The molecule has 0 bridgehead atoms. The fraction of sp³-hybridized carbons (Fsp3) is 0.417. The Morgan fingerprint density at radius 3 is 2.45 bits per heavy atom. The number of carbonyl (C=O) groups excluding carboxylic acids is 2. The molecule has 166 valence electrons. The van der Waals surface area contributed by atoms with Crippen molar-refractivity contribution >= 4 is 17.6 Å². The monoisotopic (exact) mass is 425 g/mol. The molecule has 1 atom stereocenters. The highest BCUT2D eigenvalue weighted by molar-refractivity contribution is 5.80. The molecule has 1 aromatic carbocycles. The molecule has 3 N–H and O–H groups in total. The zero-order valence-corrected chi connectivity index (χ0v) is 18.6. The summed E-state index contributed by atoms with van der Waals surface area (Å²) in [5, 5.41) is 10.0. The van der Waals surface area contributed by atoms with Crippen LogP contribution in [-0.4, -0.2) is 30.7 Å². The molecule has 0 saturated heterocycles.